The van der Waals surface area contributed by atoms with E-state index in [1.807, 2.05) is 35.0 Å². The van der Waals surface area contributed by atoms with Gasteiger partial charge in [0.2, 0.25) is 0 Å². The van der Waals surface area contributed by atoms with E-state index in [-0.39, 0.29) is 5.82 Å². The number of nitrogens with zero attached hydrogens (tertiary/aromatic N) is 3. The zero-order valence-corrected chi connectivity index (χ0v) is 12.8. The minimum atomic E-state index is -0.277. The lowest BCUT2D eigenvalue weighted by atomic mass is 10.1. The SMILES string of the molecule is Fc1ccc(COc2ccccc2-n2ccnc2)c2ncccc12. The summed E-state index contributed by atoms with van der Waals surface area (Å²) in [6, 6.07) is 14.3. The van der Waals surface area contributed by atoms with Crippen LogP contribution in [0.1, 0.15) is 5.56 Å². The molecule has 0 aliphatic rings. The molecule has 2 aromatic carbocycles. The van der Waals surface area contributed by atoms with Crippen LogP contribution in [0.3, 0.4) is 0 Å². The third-order valence-corrected chi connectivity index (χ3v) is 3.83. The number of pyridine rings is 1. The summed E-state index contributed by atoms with van der Waals surface area (Å²) in [6.07, 6.45) is 6.95. The normalized spacial score (nSPS) is 10.9. The fourth-order valence-electron chi connectivity index (χ4n) is 2.66. The number of rotatable bonds is 4. The highest BCUT2D eigenvalue weighted by Gasteiger charge is 2.09. The molecule has 0 amide bonds. The van der Waals surface area contributed by atoms with Gasteiger partial charge in [-0.15, -0.1) is 0 Å². The number of para-hydroxylation sites is 2. The molecule has 0 spiro atoms. The van der Waals surface area contributed by atoms with Gasteiger partial charge in [-0.3, -0.25) is 4.98 Å². The van der Waals surface area contributed by atoms with Crippen molar-refractivity contribution < 1.29 is 9.13 Å². The first kappa shape index (κ1) is 14.4. The van der Waals surface area contributed by atoms with E-state index < -0.39 is 0 Å². The maximum absolute atomic E-state index is 13.9. The van der Waals surface area contributed by atoms with Crippen LogP contribution in [0.15, 0.2) is 73.4 Å². The molecule has 0 N–H and O–H groups in total. The molecule has 0 saturated heterocycles. The zero-order chi connectivity index (χ0) is 16.4. The standard InChI is InChI=1S/C19H14FN3O/c20-16-8-7-14(19-15(16)4-3-9-22-19)12-24-18-6-2-1-5-17(18)23-11-10-21-13-23/h1-11,13H,12H2. The highest BCUT2D eigenvalue weighted by atomic mass is 19.1. The Balaban J connectivity index is 1.66. The summed E-state index contributed by atoms with van der Waals surface area (Å²) in [5.41, 5.74) is 2.36. The number of imidazole rings is 1. The van der Waals surface area contributed by atoms with Crippen molar-refractivity contribution >= 4 is 10.9 Å². The quantitative estimate of drug-likeness (QED) is 0.567. The Morgan fingerprint density at radius 2 is 1.92 bits per heavy atom. The van der Waals surface area contributed by atoms with Crippen molar-refractivity contribution in [2.24, 2.45) is 0 Å². The van der Waals surface area contributed by atoms with Crippen molar-refractivity contribution in [2.75, 3.05) is 0 Å². The Hall–Kier alpha value is -3.21. The van der Waals surface area contributed by atoms with E-state index >= 15 is 0 Å². The number of halogens is 1. The minimum Gasteiger partial charge on any atom is -0.487 e. The van der Waals surface area contributed by atoms with E-state index in [9.17, 15) is 4.39 Å². The predicted molar refractivity (Wildman–Crippen MR) is 89.6 cm³/mol. The van der Waals surface area contributed by atoms with E-state index in [4.69, 9.17) is 4.74 Å². The van der Waals surface area contributed by atoms with Gasteiger partial charge in [-0.25, -0.2) is 9.37 Å². The van der Waals surface area contributed by atoms with Crippen LogP contribution >= 0.6 is 0 Å². The molecular formula is C19H14FN3O. The van der Waals surface area contributed by atoms with Crippen LogP contribution in [0, 0.1) is 5.82 Å². The Labute approximate surface area is 138 Å². The largest absolute Gasteiger partial charge is 0.487 e. The molecule has 0 radical (unpaired) electrons. The fourth-order valence-corrected chi connectivity index (χ4v) is 2.66. The first-order chi connectivity index (χ1) is 11.8. The molecule has 4 nitrogen and oxygen atoms in total. The van der Waals surface area contributed by atoms with Gasteiger partial charge < -0.3 is 9.30 Å². The first-order valence-electron chi connectivity index (χ1n) is 7.55. The molecule has 2 aromatic heterocycles. The summed E-state index contributed by atoms with van der Waals surface area (Å²) in [4.78, 5) is 8.36. The molecule has 4 rings (SSSR count). The molecular weight excluding hydrogens is 305 g/mol. The molecule has 0 aliphatic carbocycles. The summed E-state index contributed by atoms with van der Waals surface area (Å²) < 4.78 is 21.8. The maximum Gasteiger partial charge on any atom is 0.143 e. The molecule has 0 atom stereocenters. The monoisotopic (exact) mass is 319 g/mol. The van der Waals surface area contributed by atoms with Crippen molar-refractivity contribution in [3.63, 3.8) is 0 Å². The lowest BCUT2D eigenvalue weighted by molar-refractivity contribution is 0.306. The van der Waals surface area contributed by atoms with Gasteiger partial charge in [0.25, 0.3) is 0 Å². The van der Waals surface area contributed by atoms with Crippen molar-refractivity contribution in [3.05, 3.63) is 84.8 Å². The van der Waals surface area contributed by atoms with Crippen LogP contribution in [-0.4, -0.2) is 14.5 Å². The highest BCUT2D eigenvalue weighted by molar-refractivity contribution is 5.82. The van der Waals surface area contributed by atoms with Crippen LogP contribution in [0.5, 0.6) is 5.75 Å². The van der Waals surface area contributed by atoms with E-state index in [0.717, 1.165) is 17.0 Å². The lowest BCUT2D eigenvalue weighted by Gasteiger charge is -2.13. The summed E-state index contributed by atoms with van der Waals surface area (Å²) in [7, 11) is 0. The second kappa shape index (κ2) is 6.12. The number of hydrogen-bond acceptors (Lipinski definition) is 3. The van der Waals surface area contributed by atoms with Gasteiger partial charge in [-0.1, -0.05) is 18.2 Å². The molecule has 0 fully saturated rings. The van der Waals surface area contributed by atoms with Gasteiger partial charge in [-0.2, -0.15) is 0 Å². The number of ether oxygens (including phenoxy) is 1. The van der Waals surface area contributed by atoms with Crippen molar-refractivity contribution in [3.8, 4) is 11.4 Å². The number of aromatic nitrogens is 3. The summed E-state index contributed by atoms with van der Waals surface area (Å²) in [6.45, 7) is 0.305. The van der Waals surface area contributed by atoms with Gasteiger partial charge in [0, 0.05) is 29.5 Å². The summed E-state index contributed by atoms with van der Waals surface area (Å²) in [5.74, 6) is 0.449. The van der Waals surface area contributed by atoms with Gasteiger partial charge in [0.15, 0.2) is 0 Å². The number of fused-ring (bicyclic) bond motifs is 1. The molecule has 0 aliphatic heterocycles. The van der Waals surface area contributed by atoms with Crippen LogP contribution in [-0.2, 0) is 6.61 Å². The molecule has 0 bridgehead atoms. The smallest absolute Gasteiger partial charge is 0.143 e. The number of benzene rings is 2. The third kappa shape index (κ3) is 2.60. The van der Waals surface area contributed by atoms with Crippen LogP contribution in [0.2, 0.25) is 0 Å². The molecule has 5 heteroatoms. The van der Waals surface area contributed by atoms with Crippen molar-refractivity contribution in [1.29, 1.82) is 0 Å². The Kier molecular flexibility index (Phi) is 3.67. The average Bonchev–Trinajstić information content (AvgIpc) is 3.16. The van der Waals surface area contributed by atoms with Crippen LogP contribution < -0.4 is 4.74 Å². The summed E-state index contributed by atoms with van der Waals surface area (Å²) >= 11 is 0. The third-order valence-electron chi connectivity index (χ3n) is 3.83. The molecule has 2 heterocycles. The average molecular weight is 319 g/mol. The Morgan fingerprint density at radius 1 is 1.00 bits per heavy atom. The number of hydrogen-bond donors (Lipinski definition) is 0. The van der Waals surface area contributed by atoms with Gasteiger partial charge in [0.1, 0.15) is 18.2 Å². The molecule has 0 saturated carbocycles. The lowest BCUT2D eigenvalue weighted by Crippen LogP contribution is -2.01. The van der Waals surface area contributed by atoms with Gasteiger partial charge >= 0.3 is 0 Å². The fraction of sp³-hybridized carbons (Fsp3) is 0.0526. The Bertz CT molecular complexity index is 983. The van der Waals surface area contributed by atoms with E-state index in [1.165, 1.54) is 6.07 Å². The summed E-state index contributed by atoms with van der Waals surface area (Å²) in [5, 5.41) is 0.501. The molecule has 24 heavy (non-hydrogen) atoms. The zero-order valence-electron chi connectivity index (χ0n) is 12.8. The van der Waals surface area contributed by atoms with E-state index in [0.29, 0.717) is 17.5 Å². The second-order valence-electron chi connectivity index (χ2n) is 5.33. The van der Waals surface area contributed by atoms with Gasteiger partial charge in [0.05, 0.1) is 17.5 Å². The van der Waals surface area contributed by atoms with E-state index in [2.05, 4.69) is 9.97 Å². The highest BCUT2D eigenvalue weighted by Crippen LogP contribution is 2.25. The molecule has 118 valence electrons. The Morgan fingerprint density at radius 3 is 2.79 bits per heavy atom. The minimum absolute atomic E-state index is 0.277. The van der Waals surface area contributed by atoms with E-state index in [1.54, 1.807) is 36.9 Å². The van der Waals surface area contributed by atoms with Crippen molar-refractivity contribution in [1.82, 2.24) is 14.5 Å². The molecule has 0 unspecified atom stereocenters. The first-order valence-corrected chi connectivity index (χ1v) is 7.55. The van der Waals surface area contributed by atoms with Crippen LogP contribution in [0.25, 0.3) is 16.6 Å². The predicted octanol–water partition coefficient (Wildman–Crippen LogP) is 4.14. The van der Waals surface area contributed by atoms with Crippen molar-refractivity contribution in [2.45, 2.75) is 6.61 Å². The molecule has 4 aromatic rings. The maximum atomic E-state index is 13.9. The van der Waals surface area contributed by atoms with Crippen LogP contribution in [0.4, 0.5) is 4.39 Å². The topological polar surface area (TPSA) is 39.9 Å². The second-order valence-corrected chi connectivity index (χ2v) is 5.33. The van der Waals surface area contributed by atoms with Gasteiger partial charge in [-0.05, 0) is 30.3 Å².